The Labute approximate surface area is 148 Å². The van der Waals surface area contributed by atoms with Crippen molar-refractivity contribution in [1.29, 1.82) is 0 Å². The molecule has 1 N–H and O–H groups in total. The molecule has 1 aromatic carbocycles. The molecule has 1 amide bonds. The molecule has 0 atom stereocenters. The molecule has 0 fully saturated rings. The minimum Gasteiger partial charge on any atom is -0.370 e. The topological polar surface area (TPSA) is 45.2 Å². The lowest BCUT2D eigenvalue weighted by atomic mass is 10.1. The normalized spacial score (nSPS) is 11.3. The standard InChI is InChI=1S/C17H17ClF3N3O/c1-3-24(4-2)14-6-5-12(17(19,20)21)10-13(14)23-16(25)11-7-8-22-15(18)9-11/h5-10H,3-4H2,1-2H3,(H,23,25). The van der Waals surface area contributed by atoms with Crippen LogP contribution in [0.1, 0.15) is 29.8 Å². The number of hydrogen-bond acceptors (Lipinski definition) is 3. The summed E-state index contributed by atoms with van der Waals surface area (Å²) in [7, 11) is 0. The van der Waals surface area contributed by atoms with Gasteiger partial charge in [-0.1, -0.05) is 11.6 Å². The molecule has 25 heavy (non-hydrogen) atoms. The zero-order chi connectivity index (χ0) is 18.6. The number of hydrogen-bond donors (Lipinski definition) is 1. The number of anilines is 2. The first-order valence-corrected chi connectivity index (χ1v) is 8.03. The van der Waals surface area contributed by atoms with Crippen LogP contribution in [0.3, 0.4) is 0 Å². The molecular formula is C17H17ClF3N3O. The van der Waals surface area contributed by atoms with Gasteiger partial charge in [-0.05, 0) is 44.2 Å². The summed E-state index contributed by atoms with van der Waals surface area (Å²) in [4.78, 5) is 18.0. The van der Waals surface area contributed by atoms with Crippen LogP contribution in [0.2, 0.25) is 5.15 Å². The van der Waals surface area contributed by atoms with Gasteiger partial charge < -0.3 is 10.2 Å². The maximum atomic E-state index is 13.0. The van der Waals surface area contributed by atoms with Crippen LogP contribution in [0.15, 0.2) is 36.5 Å². The van der Waals surface area contributed by atoms with E-state index < -0.39 is 17.6 Å². The summed E-state index contributed by atoms with van der Waals surface area (Å²) in [6, 6.07) is 6.10. The number of pyridine rings is 1. The third-order valence-electron chi connectivity index (χ3n) is 3.66. The van der Waals surface area contributed by atoms with Gasteiger partial charge in [-0.15, -0.1) is 0 Å². The Morgan fingerprint density at radius 1 is 1.20 bits per heavy atom. The number of carbonyl (C=O) groups excluding carboxylic acids is 1. The number of rotatable bonds is 5. The Morgan fingerprint density at radius 3 is 2.44 bits per heavy atom. The predicted molar refractivity (Wildman–Crippen MR) is 92.2 cm³/mol. The molecule has 4 nitrogen and oxygen atoms in total. The number of carbonyl (C=O) groups is 1. The lowest BCUT2D eigenvalue weighted by Gasteiger charge is -2.25. The number of benzene rings is 1. The van der Waals surface area contributed by atoms with Gasteiger partial charge in [0.25, 0.3) is 5.91 Å². The van der Waals surface area contributed by atoms with Crippen molar-refractivity contribution in [2.75, 3.05) is 23.3 Å². The van der Waals surface area contributed by atoms with Crippen LogP contribution >= 0.6 is 11.6 Å². The first kappa shape index (κ1) is 19.1. The Morgan fingerprint density at radius 2 is 1.88 bits per heavy atom. The van der Waals surface area contributed by atoms with Gasteiger partial charge in [-0.25, -0.2) is 4.98 Å². The fourth-order valence-corrected chi connectivity index (χ4v) is 2.56. The molecular weight excluding hydrogens is 355 g/mol. The fourth-order valence-electron chi connectivity index (χ4n) is 2.39. The number of nitrogens with one attached hydrogen (secondary N) is 1. The van der Waals surface area contributed by atoms with Gasteiger partial charge in [0.1, 0.15) is 5.15 Å². The molecule has 0 spiro atoms. The molecule has 0 aliphatic carbocycles. The third-order valence-corrected chi connectivity index (χ3v) is 3.87. The van der Waals surface area contributed by atoms with E-state index >= 15 is 0 Å². The van der Waals surface area contributed by atoms with E-state index in [1.54, 1.807) is 0 Å². The highest BCUT2D eigenvalue weighted by molar-refractivity contribution is 6.29. The number of halogens is 4. The van der Waals surface area contributed by atoms with E-state index in [1.807, 2.05) is 18.7 Å². The van der Waals surface area contributed by atoms with Crippen molar-refractivity contribution >= 4 is 28.9 Å². The zero-order valence-electron chi connectivity index (χ0n) is 13.7. The van der Waals surface area contributed by atoms with Crippen LogP contribution in [-0.4, -0.2) is 24.0 Å². The average molecular weight is 372 g/mol. The molecule has 0 saturated heterocycles. The number of alkyl halides is 3. The summed E-state index contributed by atoms with van der Waals surface area (Å²) < 4.78 is 39.1. The maximum Gasteiger partial charge on any atom is 0.416 e. The van der Waals surface area contributed by atoms with Crippen LogP contribution in [0.25, 0.3) is 0 Å². The summed E-state index contributed by atoms with van der Waals surface area (Å²) in [5.41, 5.74) is -0.00246. The summed E-state index contributed by atoms with van der Waals surface area (Å²) in [6.07, 6.45) is -3.14. The quantitative estimate of drug-likeness (QED) is 0.764. The molecule has 1 aromatic heterocycles. The summed E-state index contributed by atoms with van der Waals surface area (Å²) in [5.74, 6) is -0.558. The Bertz CT molecular complexity index is 761. The van der Waals surface area contributed by atoms with E-state index in [4.69, 9.17) is 11.6 Å². The molecule has 0 bridgehead atoms. The average Bonchev–Trinajstić information content (AvgIpc) is 2.56. The minimum atomic E-state index is -4.50. The van der Waals surface area contributed by atoms with Crippen molar-refractivity contribution < 1.29 is 18.0 Å². The van der Waals surface area contributed by atoms with Gasteiger partial charge in [0.2, 0.25) is 0 Å². The molecule has 0 saturated carbocycles. The van der Waals surface area contributed by atoms with Crippen LogP contribution in [0.4, 0.5) is 24.5 Å². The highest BCUT2D eigenvalue weighted by Crippen LogP contribution is 2.35. The van der Waals surface area contributed by atoms with Gasteiger partial charge >= 0.3 is 6.18 Å². The van der Waals surface area contributed by atoms with Crippen LogP contribution in [0, 0.1) is 0 Å². The van der Waals surface area contributed by atoms with Crippen molar-refractivity contribution in [3.63, 3.8) is 0 Å². The Kier molecular flexibility index (Phi) is 5.89. The van der Waals surface area contributed by atoms with Crippen molar-refractivity contribution in [3.8, 4) is 0 Å². The fraction of sp³-hybridized carbons (Fsp3) is 0.294. The maximum absolute atomic E-state index is 13.0. The monoisotopic (exact) mass is 371 g/mol. The first-order chi connectivity index (χ1) is 11.8. The van der Waals surface area contributed by atoms with Gasteiger partial charge in [0.15, 0.2) is 0 Å². The number of nitrogens with zero attached hydrogens (tertiary/aromatic N) is 2. The van der Waals surface area contributed by atoms with Gasteiger partial charge in [0.05, 0.1) is 16.9 Å². The molecule has 0 unspecified atom stereocenters. The number of amides is 1. The summed E-state index contributed by atoms with van der Waals surface area (Å²) >= 11 is 5.76. The van der Waals surface area contributed by atoms with Crippen LogP contribution in [0.5, 0.6) is 0 Å². The van der Waals surface area contributed by atoms with Crippen LogP contribution < -0.4 is 10.2 Å². The van der Waals surface area contributed by atoms with Crippen LogP contribution in [-0.2, 0) is 6.18 Å². The molecule has 134 valence electrons. The minimum absolute atomic E-state index is 0.0939. The Hall–Kier alpha value is -2.28. The number of aromatic nitrogens is 1. The smallest absolute Gasteiger partial charge is 0.370 e. The summed E-state index contributed by atoms with van der Waals surface area (Å²) in [6.45, 7) is 4.95. The SMILES string of the molecule is CCN(CC)c1ccc(C(F)(F)F)cc1NC(=O)c1ccnc(Cl)c1. The molecule has 8 heteroatoms. The molecule has 2 aromatic rings. The zero-order valence-corrected chi connectivity index (χ0v) is 14.4. The second-order valence-electron chi connectivity index (χ2n) is 5.22. The lowest BCUT2D eigenvalue weighted by Crippen LogP contribution is -2.24. The first-order valence-electron chi connectivity index (χ1n) is 7.65. The lowest BCUT2D eigenvalue weighted by molar-refractivity contribution is -0.137. The van der Waals surface area contributed by atoms with E-state index in [9.17, 15) is 18.0 Å². The van der Waals surface area contributed by atoms with Crippen molar-refractivity contribution in [2.24, 2.45) is 0 Å². The molecule has 0 aliphatic rings. The van der Waals surface area contributed by atoms with E-state index in [1.165, 1.54) is 24.4 Å². The van der Waals surface area contributed by atoms with E-state index in [2.05, 4.69) is 10.3 Å². The van der Waals surface area contributed by atoms with Gasteiger partial charge in [0, 0.05) is 24.8 Å². The van der Waals surface area contributed by atoms with E-state index in [-0.39, 0.29) is 16.4 Å². The highest BCUT2D eigenvalue weighted by atomic mass is 35.5. The summed E-state index contributed by atoms with van der Waals surface area (Å²) in [5, 5.41) is 2.67. The molecule has 1 heterocycles. The third kappa shape index (κ3) is 4.63. The van der Waals surface area contributed by atoms with E-state index in [0.717, 1.165) is 12.1 Å². The second-order valence-corrected chi connectivity index (χ2v) is 5.61. The van der Waals surface area contributed by atoms with Crippen molar-refractivity contribution in [1.82, 2.24) is 4.98 Å². The molecule has 0 aliphatic heterocycles. The highest BCUT2D eigenvalue weighted by Gasteiger charge is 2.31. The van der Waals surface area contributed by atoms with Gasteiger partial charge in [-0.3, -0.25) is 4.79 Å². The largest absolute Gasteiger partial charge is 0.416 e. The second kappa shape index (κ2) is 7.74. The van der Waals surface area contributed by atoms with Gasteiger partial charge in [-0.2, -0.15) is 13.2 Å². The Balaban J connectivity index is 2.43. The van der Waals surface area contributed by atoms with Crippen molar-refractivity contribution in [2.45, 2.75) is 20.0 Å². The van der Waals surface area contributed by atoms with E-state index in [0.29, 0.717) is 18.8 Å². The molecule has 0 radical (unpaired) electrons. The van der Waals surface area contributed by atoms with Crippen molar-refractivity contribution in [3.05, 3.63) is 52.8 Å². The predicted octanol–water partition coefficient (Wildman–Crippen LogP) is 4.85. The molecule has 2 rings (SSSR count).